The van der Waals surface area contributed by atoms with Crippen molar-refractivity contribution in [2.45, 2.75) is 6.10 Å². The molecule has 1 unspecified atom stereocenters. The van der Waals surface area contributed by atoms with Gasteiger partial charge in [-0.15, -0.1) is 0 Å². The number of hydrogen-bond acceptors (Lipinski definition) is 3. The Morgan fingerprint density at radius 3 is 2.75 bits per heavy atom. The highest BCUT2D eigenvalue weighted by molar-refractivity contribution is 6.30. The molecule has 0 saturated carbocycles. The van der Waals surface area contributed by atoms with E-state index in [1.807, 2.05) is 0 Å². The van der Waals surface area contributed by atoms with Crippen LogP contribution in [0.2, 0.25) is 5.02 Å². The first-order chi connectivity index (χ1) is 7.70. The minimum atomic E-state index is -0.837. The zero-order chi connectivity index (χ0) is 11.5. The van der Waals surface area contributed by atoms with Crippen LogP contribution in [-0.4, -0.2) is 11.4 Å². The van der Waals surface area contributed by atoms with Crippen molar-refractivity contribution in [3.8, 4) is 0 Å². The molecule has 1 aromatic heterocycles. The zero-order valence-corrected chi connectivity index (χ0v) is 9.02. The number of hydrogen-bond donors (Lipinski definition) is 1. The standard InChI is InChI=1S/C12H9ClO3/c13-10-3-1-2-8(4-10)12(15)9-5-11(6-14)16-7-9/h1-7,12,15H. The summed E-state index contributed by atoms with van der Waals surface area (Å²) in [6.07, 6.45) is 1.11. The lowest BCUT2D eigenvalue weighted by Crippen LogP contribution is -1.97. The van der Waals surface area contributed by atoms with Crippen LogP contribution in [0.4, 0.5) is 0 Å². The molecule has 82 valence electrons. The van der Waals surface area contributed by atoms with Gasteiger partial charge in [0.1, 0.15) is 6.10 Å². The molecule has 1 heterocycles. The Kier molecular flexibility index (Phi) is 3.08. The van der Waals surface area contributed by atoms with Crippen LogP contribution < -0.4 is 0 Å². The number of aliphatic hydroxyl groups is 1. The zero-order valence-electron chi connectivity index (χ0n) is 8.26. The van der Waals surface area contributed by atoms with Gasteiger partial charge < -0.3 is 9.52 Å². The molecule has 1 aromatic carbocycles. The van der Waals surface area contributed by atoms with Crippen molar-refractivity contribution in [2.24, 2.45) is 0 Å². The van der Waals surface area contributed by atoms with Gasteiger partial charge in [0.25, 0.3) is 0 Å². The normalized spacial score (nSPS) is 12.4. The van der Waals surface area contributed by atoms with Gasteiger partial charge in [0.05, 0.1) is 6.26 Å². The topological polar surface area (TPSA) is 50.4 Å². The van der Waals surface area contributed by atoms with Crippen LogP contribution in [0.15, 0.2) is 41.0 Å². The summed E-state index contributed by atoms with van der Waals surface area (Å²) in [5.41, 5.74) is 1.19. The lowest BCUT2D eigenvalue weighted by molar-refractivity contribution is 0.110. The Morgan fingerprint density at radius 2 is 2.12 bits per heavy atom. The second kappa shape index (κ2) is 4.51. The van der Waals surface area contributed by atoms with Crippen molar-refractivity contribution in [1.82, 2.24) is 0 Å². The molecule has 2 aromatic rings. The van der Waals surface area contributed by atoms with E-state index in [9.17, 15) is 9.90 Å². The first kappa shape index (κ1) is 10.9. The molecular weight excluding hydrogens is 228 g/mol. The molecule has 16 heavy (non-hydrogen) atoms. The van der Waals surface area contributed by atoms with E-state index in [2.05, 4.69) is 0 Å². The molecule has 0 amide bonds. The Morgan fingerprint density at radius 1 is 1.31 bits per heavy atom. The number of benzene rings is 1. The summed E-state index contributed by atoms with van der Waals surface area (Å²) in [4.78, 5) is 10.4. The van der Waals surface area contributed by atoms with E-state index in [0.717, 1.165) is 0 Å². The maximum absolute atomic E-state index is 10.4. The second-order valence-corrected chi connectivity index (χ2v) is 3.79. The van der Waals surface area contributed by atoms with E-state index in [4.69, 9.17) is 16.0 Å². The molecular formula is C12H9ClO3. The lowest BCUT2D eigenvalue weighted by Gasteiger charge is -2.08. The third kappa shape index (κ3) is 2.15. The van der Waals surface area contributed by atoms with Gasteiger partial charge in [-0.2, -0.15) is 0 Å². The van der Waals surface area contributed by atoms with Gasteiger partial charge in [-0.1, -0.05) is 23.7 Å². The summed E-state index contributed by atoms with van der Waals surface area (Å²) < 4.78 is 4.93. The van der Waals surface area contributed by atoms with E-state index in [-0.39, 0.29) is 5.76 Å². The summed E-state index contributed by atoms with van der Waals surface area (Å²) in [5.74, 6) is 0.191. The molecule has 0 aliphatic heterocycles. The summed E-state index contributed by atoms with van der Waals surface area (Å²) >= 11 is 5.82. The third-order valence-corrected chi connectivity index (χ3v) is 2.47. The van der Waals surface area contributed by atoms with Crippen molar-refractivity contribution < 1.29 is 14.3 Å². The fourth-order valence-corrected chi connectivity index (χ4v) is 1.64. The summed E-state index contributed by atoms with van der Waals surface area (Å²) in [5, 5.41) is 10.5. The summed E-state index contributed by atoms with van der Waals surface area (Å²) in [6, 6.07) is 8.40. The summed E-state index contributed by atoms with van der Waals surface area (Å²) in [7, 11) is 0. The quantitative estimate of drug-likeness (QED) is 0.834. The monoisotopic (exact) mass is 236 g/mol. The summed E-state index contributed by atoms with van der Waals surface area (Å²) in [6.45, 7) is 0. The highest BCUT2D eigenvalue weighted by Gasteiger charge is 2.13. The van der Waals surface area contributed by atoms with Crippen molar-refractivity contribution in [3.63, 3.8) is 0 Å². The number of carbonyl (C=O) groups is 1. The molecule has 0 spiro atoms. The molecule has 0 fully saturated rings. The SMILES string of the molecule is O=Cc1cc(C(O)c2cccc(Cl)c2)co1. The number of rotatable bonds is 3. The average Bonchev–Trinajstić information content (AvgIpc) is 2.76. The smallest absolute Gasteiger partial charge is 0.185 e. The maximum Gasteiger partial charge on any atom is 0.185 e. The van der Waals surface area contributed by atoms with Crippen molar-refractivity contribution in [2.75, 3.05) is 0 Å². The van der Waals surface area contributed by atoms with Gasteiger partial charge >= 0.3 is 0 Å². The van der Waals surface area contributed by atoms with E-state index >= 15 is 0 Å². The average molecular weight is 237 g/mol. The van der Waals surface area contributed by atoms with Crippen LogP contribution >= 0.6 is 11.6 Å². The van der Waals surface area contributed by atoms with Crippen LogP contribution in [0.5, 0.6) is 0 Å². The number of halogens is 1. The largest absolute Gasteiger partial charge is 0.461 e. The predicted molar refractivity (Wildman–Crippen MR) is 59.6 cm³/mol. The Bertz CT molecular complexity index is 504. The first-order valence-corrected chi connectivity index (χ1v) is 5.05. The van der Waals surface area contributed by atoms with E-state index in [1.165, 1.54) is 12.3 Å². The molecule has 0 aliphatic carbocycles. The number of carbonyl (C=O) groups excluding carboxylic acids is 1. The number of aldehydes is 1. The molecule has 2 rings (SSSR count). The van der Waals surface area contributed by atoms with Crippen molar-refractivity contribution in [3.05, 3.63) is 58.5 Å². The maximum atomic E-state index is 10.4. The van der Waals surface area contributed by atoms with Crippen molar-refractivity contribution in [1.29, 1.82) is 0 Å². The Hall–Kier alpha value is -1.58. The van der Waals surface area contributed by atoms with E-state index in [1.54, 1.807) is 24.3 Å². The van der Waals surface area contributed by atoms with Gasteiger partial charge in [0.2, 0.25) is 0 Å². The van der Waals surface area contributed by atoms with Crippen LogP contribution in [0, 0.1) is 0 Å². The molecule has 1 atom stereocenters. The molecule has 1 N–H and O–H groups in total. The molecule has 3 nitrogen and oxygen atoms in total. The van der Waals surface area contributed by atoms with E-state index < -0.39 is 6.10 Å². The molecule has 0 aliphatic rings. The van der Waals surface area contributed by atoms with Gasteiger partial charge in [0.15, 0.2) is 12.0 Å². The van der Waals surface area contributed by atoms with Crippen LogP contribution in [0.3, 0.4) is 0 Å². The second-order valence-electron chi connectivity index (χ2n) is 3.36. The Balaban J connectivity index is 2.31. The predicted octanol–water partition coefficient (Wildman–Crippen LogP) is 2.83. The first-order valence-electron chi connectivity index (χ1n) is 4.68. The fourth-order valence-electron chi connectivity index (χ4n) is 1.44. The molecule has 0 bridgehead atoms. The lowest BCUT2D eigenvalue weighted by atomic mass is 10.0. The number of aliphatic hydroxyl groups excluding tert-OH is 1. The highest BCUT2D eigenvalue weighted by Crippen LogP contribution is 2.25. The fraction of sp³-hybridized carbons (Fsp3) is 0.0833. The van der Waals surface area contributed by atoms with Crippen LogP contribution in [-0.2, 0) is 0 Å². The Labute approximate surface area is 97.3 Å². The molecule has 0 saturated heterocycles. The van der Waals surface area contributed by atoms with Gasteiger partial charge in [-0.3, -0.25) is 4.79 Å². The highest BCUT2D eigenvalue weighted by atomic mass is 35.5. The van der Waals surface area contributed by atoms with E-state index in [0.29, 0.717) is 22.4 Å². The van der Waals surface area contributed by atoms with Gasteiger partial charge in [-0.25, -0.2) is 0 Å². The van der Waals surface area contributed by atoms with Gasteiger partial charge in [-0.05, 0) is 23.8 Å². The van der Waals surface area contributed by atoms with Crippen LogP contribution in [0.25, 0.3) is 0 Å². The van der Waals surface area contributed by atoms with Crippen molar-refractivity contribution >= 4 is 17.9 Å². The number of furan rings is 1. The third-order valence-electron chi connectivity index (χ3n) is 2.24. The molecule has 4 heteroatoms. The minimum absolute atomic E-state index is 0.191. The molecule has 0 radical (unpaired) electrons. The van der Waals surface area contributed by atoms with Crippen LogP contribution in [0.1, 0.15) is 27.8 Å². The minimum Gasteiger partial charge on any atom is -0.461 e. The van der Waals surface area contributed by atoms with Gasteiger partial charge in [0, 0.05) is 10.6 Å².